The van der Waals surface area contributed by atoms with Gasteiger partial charge in [0.15, 0.2) is 0 Å². The number of fused-ring (bicyclic) bond motifs is 1. The number of aryl methyl sites for hydroxylation is 1. The van der Waals surface area contributed by atoms with Gasteiger partial charge in [-0.1, -0.05) is 30.3 Å². The summed E-state index contributed by atoms with van der Waals surface area (Å²) >= 11 is 0. The molecule has 204 valence electrons. The Morgan fingerprint density at radius 3 is 2.67 bits per heavy atom. The number of carbonyl (C=O) groups excluding carboxylic acids is 2. The van der Waals surface area contributed by atoms with E-state index in [0.29, 0.717) is 41.6 Å². The number of aromatic nitrogens is 2. The summed E-state index contributed by atoms with van der Waals surface area (Å²) in [5.74, 6) is 0.255. The van der Waals surface area contributed by atoms with Gasteiger partial charge in [0.1, 0.15) is 5.75 Å². The highest BCUT2D eigenvalue weighted by atomic mass is 16.5. The minimum Gasteiger partial charge on any atom is -0.495 e. The summed E-state index contributed by atoms with van der Waals surface area (Å²) in [4.78, 5) is 28.3. The largest absolute Gasteiger partial charge is 0.495 e. The third-order valence-corrected chi connectivity index (χ3v) is 7.46. The average molecular weight is 538 g/mol. The molecule has 2 aliphatic rings. The van der Waals surface area contributed by atoms with Crippen molar-refractivity contribution < 1.29 is 19.1 Å². The van der Waals surface area contributed by atoms with Crippen LogP contribution in [0.25, 0.3) is 5.69 Å². The Morgan fingerprint density at radius 2 is 1.82 bits per heavy atom. The molecule has 2 N–H and O–H groups in total. The lowest BCUT2D eigenvalue weighted by molar-refractivity contribution is -0.117. The summed E-state index contributed by atoms with van der Waals surface area (Å²) in [6, 6.07) is 21.0. The molecule has 9 nitrogen and oxygen atoms in total. The van der Waals surface area contributed by atoms with Crippen LogP contribution >= 0.6 is 0 Å². The normalized spacial score (nSPS) is 16.3. The molecule has 6 rings (SSSR count). The number of anilines is 3. The summed E-state index contributed by atoms with van der Waals surface area (Å²) < 4.78 is 12.7. The zero-order chi connectivity index (χ0) is 27.5. The summed E-state index contributed by atoms with van der Waals surface area (Å²) in [6.07, 6.45) is 5.09. The van der Waals surface area contributed by atoms with Crippen molar-refractivity contribution in [3.8, 4) is 11.4 Å². The maximum atomic E-state index is 13.1. The Morgan fingerprint density at radius 1 is 0.975 bits per heavy atom. The summed E-state index contributed by atoms with van der Waals surface area (Å²) in [5.41, 5.74) is 5.75. The van der Waals surface area contributed by atoms with E-state index in [2.05, 4.69) is 26.7 Å². The van der Waals surface area contributed by atoms with E-state index in [0.717, 1.165) is 37.2 Å². The number of methoxy groups -OCH3 is 1. The summed E-state index contributed by atoms with van der Waals surface area (Å²) in [7, 11) is 1.63. The molecule has 9 heteroatoms. The van der Waals surface area contributed by atoms with Crippen molar-refractivity contribution in [2.24, 2.45) is 0 Å². The first-order valence-electron chi connectivity index (χ1n) is 13.4. The second-order valence-electron chi connectivity index (χ2n) is 9.94. The fourth-order valence-electron chi connectivity index (χ4n) is 5.40. The van der Waals surface area contributed by atoms with Gasteiger partial charge < -0.3 is 25.0 Å². The molecular weight excluding hydrogens is 506 g/mol. The third-order valence-electron chi connectivity index (χ3n) is 7.46. The van der Waals surface area contributed by atoms with Crippen molar-refractivity contribution in [1.29, 1.82) is 0 Å². The molecule has 1 aromatic heterocycles. The Hall–Kier alpha value is -4.63. The number of nitrogens with zero attached hydrogens (tertiary/aromatic N) is 3. The lowest BCUT2D eigenvalue weighted by Gasteiger charge is -2.30. The van der Waals surface area contributed by atoms with Gasteiger partial charge in [0.25, 0.3) is 5.91 Å². The van der Waals surface area contributed by atoms with Crippen LogP contribution in [0.5, 0.6) is 5.75 Å². The molecule has 0 saturated carbocycles. The van der Waals surface area contributed by atoms with Gasteiger partial charge in [-0.3, -0.25) is 9.59 Å². The highest BCUT2D eigenvalue weighted by Gasteiger charge is 2.28. The number of amides is 2. The van der Waals surface area contributed by atoms with Crippen molar-refractivity contribution in [3.63, 3.8) is 0 Å². The number of carbonyl (C=O) groups is 2. The molecule has 1 aliphatic heterocycles. The zero-order valence-corrected chi connectivity index (χ0v) is 22.3. The molecule has 0 spiro atoms. The molecule has 1 atom stereocenters. The van der Waals surface area contributed by atoms with E-state index >= 15 is 0 Å². The molecule has 1 unspecified atom stereocenters. The van der Waals surface area contributed by atoms with Crippen LogP contribution < -0.4 is 20.3 Å². The predicted octanol–water partition coefficient (Wildman–Crippen LogP) is 4.64. The molecule has 1 aliphatic carbocycles. The van der Waals surface area contributed by atoms with Crippen molar-refractivity contribution in [2.45, 2.75) is 18.8 Å². The fraction of sp³-hybridized carbons (Fsp3) is 0.258. The molecule has 1 saturated heterocycles. The quantitative estimate of drug-likeness (QED) is 0.357. The van der Waals surface area contributed by atoms with Crippen molar-refractivity contribution in [3.05, 3.63) is 95.8 Å². The molecule has 4 aromatic rings. The van der Waals surface area contributed by atoms with Crippen LogP contribution in [0, 0.1) is 0 Å². The second-order valence-corrected chi connectivity index (χ2v) is 9.94. The van der Waals surface area contributed by atoms with Crippen LogP contribution in [0.1, 0.15) is 33.8 Å². The van der Waals surface area contributed by atoms with Gasteiger partial charge in [-0.05, 0) is 54.3 Å². The van der Waals surface area contributed by atoms with Gasteiger partial charge >= 0.3 is 0 Å². The van der Waals surface area contributed by atoms with E-state index in [1.165, 1.54) is 5.56 Å². The number of benzene rings is 3. The summed E-state index contributed by atoms with van der Waals surface area (Å²) in [6.45, 7) is 2.94. The molecule has 1 fully saturated rings. The van der Waals surface area contributed by atoms with Crippen molar-refractivity contribution in [2.75, 3.05) is 48.9 Å². The van der Waals surface area contributed by atoms with Crippen LogP contribution in [0.4, 0.5) is 17.1 Å². The average Bonchev–Trinajstić information content (AvgIpc) is 3.65. The maximum Gasteiger partial charge on any atom is 0.255 e. The van der Waals surface area contributed by atoms with Crippen LogP contribution in [0.3, 0.4) is 0 Å². The number of nitrogens with one attached hydrogen (secondary N) is 2. The fourth-order valence-corrected chi connectivity index (χ4v) is 5.40. The van der Waals surface area contributed by atoms with Gasteiger partial charge in [0.05, 0.1) is 55.7 Å². The van der Waals surface area contributed by atoms with Gasteiger partial charge in [-0.2, -0.15) is 5.10 Å². The van der Waals surface area contributed by atoms with Crippen molar-refractivity contribution in [1.82, 2.24) is 9.78 Å². The minimum atomic E-state index is -0.247. The first-order chi connectivity index (χ1) is 19.6. The lowest BCUT2D eigenvalue weighted by atomic mass is 10.0. The molecule has 3 aromatic carbocycles. The van der Waals surface area contributed by atoms with E-state index in [4.69, 9.17) is 9.47 Å². The standard InChI is InChI=1S/C31H31N5O4/c1-39-29-18-23(10-12-28(29)35-13-15-40-16-14-35)33-30(37)22-6-4-7-25(17-22)36-20-24(19-32-36)34-31(38)27-11-9-21-5-2-3-8-26(21)27/h2-8,10,12,17-20,27H,9,11,13-16H2,1H3,(H,33,37)(H,34,38). The molecule has 40 heavy (non-hydrogen) atoms. The third kappa shape index (κ3) is 5.28. The number of morpholine rings is 1. The predicted molar refractivity (Wildman–Crippen MR) is 154 cm³/mol. The van der Waals surface area contributed by atoms with Crippen LogP contribution in [-0.2, 0) is 16.0 Å². The number of hydrogen-bond acceptors (Lipinski definition) is 6. The van der Waals surface area contributed by atoms with Gasteiger partial charge in [-0.15, -0.1) is 0 Å². The molecular formula is C31H31N5O4. The van der Waals surface area contributed by atoms with Crippen molar-refractivity contribution >= 4 is 28.9 Å². The van der Waals surface area contributed by atoms with Crippen LogP contribution in [0.2, 0.25) is 0 Å². The van der Waals surface area contributed by atoms with E-state index in [1.54, 1.807) is 36.3 Å². The molecule has 0 radical (unpaired) electrons. The SMILES string of the molecule is COc1cc(NC(=O)c2cccc(-n3cc(NC(=O)C4CCc5ccccc54)cn3)c2)ccc1N1CCOCC1. The lowest BCUT2D eigenvalue weighted by Crippen LogP contribution is -2.36. The Labute approximate surface area is 232 Å². The Bertz CT molecular complexity index is 1540. The number of hydrogen-bond donors (Lipinski definition) is 2. The zero-order valence-electron chi connectivity index (χ0n) is 22.3. The van der Waals surface area contributed by atoms with Crippen LogP contribution in [-0.4, -0.2) is 55.0 Å². The Balaban J connectivity index is 1.13. The van der Waals surface area contributed by atoms with E-state index in [-0.39, 0.29) is 17.7 Å². The van der Waals surface area contributed by atoms with E-state index in [1.807, 2.05) is 48.5 Å². The minimum absolute atomic E-state index is 0.0345. The molecule has 0 bridgehead atoms. The molecule has 2 heterocycles. The summed E-state index contributed by atoms with van der Waals surface area (Å²) in [5, 5.41) is 10.4. The Kier molecular flexibility index (Phi) is 7.20. The van der Waals surface area contributed by atoms with E-state index in [9.17, 15) is 9.59 Å². The van der Waals surface area contributed by atoms with Gasteiger partial charge in [0, 0.05) is 30.4 Å². The molecule has 2 amide bonds. The van der Waals surface area contributed by atoms with Gasteiger partial charge in [-0.25, -0.2) is 4.68 Å². The monoisotopic (exact) mass is 537 g/mol. The van der Waals surface area contributed by atoms with Crippen LogP contribution in [0.15, 0.2) is 79.1 Å². The highest BCUT2D eigenvalue weighted by molar-refractivity contribution is 6.05. The first kappa shape index (κ1) is 25.6. The highest BCUT2D eigenvalue weighted by Crippen LogP contribution is 2.34. The smallest absolute Gasteiger partial charge is 0.255 e. The number of rotatable bonds is 7. The first-order valence-corrected chi connectivity index (χ1v) is 13.4. The maximum absolute atomic E-state index is 13.1. The topological polar surface area (TPSA) is 97.7 Å². The van der Waals surface area contributed by atoms with Gasteiger partial charge in [0.2, 0.25) is 5.91 Å². The number of ether oxygens (including phenoxy) is 2. The van der Waals surface area contributed by atoms with E-state index < -0.39 is 0 Å². The second kappa shape index (κ2) is 11.2.